The topological polar surface area (TPSA) is 71.0 Å². The van der Waals surface area contributed by atoms with Crippen LogP contribution in [-0.2, 0) is 4.79 Å². The molecule has 1 aliphatic rings. The molecule has 0 bridgehead atoms. The van der Waals surface area contributed by atoms with Crippen LogP contribution in [0.15, 0.2) is 29.9 Å². The van der Waals surface area contributed by atoms with Gasteiger partial charge in [-0.1, -0.05) is 0 Å². The summed E-state index contributed by atoms with van der Waals surface area (Å²) in [7, 11) is 0. The minimum Gasteiger partial charge on any atom is -0.350 e. The van der Waals surface area contributed by atoms with Crippen LogP contribution < -0.4 is 10.2 Å². The van der Waals surface area contributed by atoms with E-state index in [-0.39, 0.29) is 11.9 Å². The lowest BCUT2D eigenvalue weighted by atomic mass is 10.1. The molecule has 0 unspecified atom stereocenters. The average Bonchev–Trinajstić information content (AvgIpc) is 3.00. The van der Waals surface area contributed by atoms with Gasteiger partial charge in [0.05, 0.1) is 10.7 Å². The highest BCUT2D eigenvalue weighted by molar-refractivity contribution is 7.09. The number of rotatable bonds is 4. The van der Waals surface area contributed by atoms with Gasteiger partial charge in [-0.05, 0) is 31.9 Å². The van der Waals surface area contributed by atoms with Gasteiger partial charge in [-0.25, -0.2) is 15.0 Å². The first-order valence-corrected chi connectivity index (χ1v) is 8.51. The summed E-state index contributed by atoms with van der Waals surface area (Å²) >= 11 is 1.58. The van der Waals surface area contributed by atoms with Gasteiger partial charge in [0, 0.05) is 43.0 Å². The molecule has 23 heavy (non-hydrogen) atoms. The Bertz CT molecular complexity index is 677. The molecule has 3 heterocycles. The zero-order chi connectivity index (χ0) is 16.1. The Hall–Kier alpha value is -2.28. The number of aromatic nitrogens is 3. The third-order valence-electron chi connectivity index (χ3n) is 3.72. The molecular formula is C16H19N5OS. The molecular weight excluding hydrogens is 310 g/mol. The van der Waals surface area contributed by atoms with Crippen LogP contribution in [0.25, 0.3) is 6.08 Å². The van der Waals surface area contributed by atoms with Gasteiger partial charge in [-0.3, -0.25) is 4.79 Å². The summed E-state index contributed by atoms with van der Waals surface area (Å²) in [4.78, 5) is 27.0. The number of carbonyl (C=O) groups is 1. The first kappa shape index (κ1) is 15.6. The lowest BCUT2D eigenvalue weighted by Gasteiger charge is -2.32. The summed E-state index contributed by atoms with van der Waals surface area (Å²) in [6.07, 6.45) is 8.61. The second kappa shape index (κ2) is 7.32. The first-order chi connectivity index (χ1) is 11.2. The van der Waals surface area contributed by atoms with Crippen molar-refractivity contribution >= 4 is 29.3 Å². The molecule has 1 amide bonds. The maximum absolute atomic E-state index is 12.0. The first-order valence-electron chi connectivity index (χ1n) is 7.63. The van der Waals surface area contributed by atoms with Crippen molar-refractivity contribution in [2.24, 2.45) is 0 Å². The van der Waals surface area contributed by atoms with Crippen molar-refractivity contribution in [1.82, 2.24) is 20.3 Å². The highest BCUT2D eigenvalue weighted by Gasteiger charge is 2.21. The van der Waals surface area contributed by atoms with Crippen LogP contribution in [0, 0.1) is 6.92 Å². The van der Waals surface area contributed by atoms with Crippen LogP contribution in [0.2, 0.25) is 0 Å². The van der Waals surface area contributed by atoms with Crippen molar-refractivity contribution in [3.8, 4) is 0 Å². The predicted molar refractivity (Wildman–Crippen MR) is 91.3 cm³/mol. The monoisotopic (exact) mass is 329 g/mol. The number of carbonyl (C=O) groups excluding carboxylic acids is 1. The highest BCUT2D eigenvalue weighted by atomic mass is 32.1. The molecule has 1 saturated heterocycles. The minimum absolute atomic E-state index is 0.0648. The van der Waals surface area contributed by atoms with Crippen LogP contribution in [0.5, 0.6) is 0 Å². The molecule has 3 rings (SSSR count). The SMILES string of the molecule is Cc1nc(/C=C\C(=O)NC2CCN(c3ncccn3)CC2)cs1. The third-order valence-corrected chi connectivity index (χ3v) is 4.51. The molecule has 1 fully saturated rings. The van der Waals surface area contributed by atoms with Gasteiger partial charge in [0.15, 0.2) is 0 Å². The van der Waals surface area contributed by atoms with Gasteiger partial charge < -0.3 is 10.2 Å². The molecule has 0 radical (unpaired) electrons. The fourth-order valence-corrected chi connectivity index (χ4v) is 3.13. The maximum Gasteiger partial charge on any atom is 0.244 e. The Labute approximate surface area is 139 Å². The zero-order valence-corrected chi connectivity index (χ0v) is 13.8. The van der Waals surface area contributed by atoms with Crippen LogP contribution in [-0.4, -0.2) is 40.0 Å². The maximum atomic E-state index is 12.0. The molecule has 2 aromatic heterocycles. The van der Waals surface area contributed by atoms with E-state index >= 15 is 0 Å². The standard InChI is InChI=1S/C16H19N5OS/c1-12-19-14(11-23-12)3-4-15(22)20-13-5-9-21(10-6-13)16-17-7-2-8-18-16/h2-4,7-8,11,13H,5-6,9-10H2,1H3,(H,20,22)/b4-3-. The van der Waals surface area contributed by atoms with E-state index in [0.29, 0.717) is 0 Å². The fourth-order valence-electron chi connectivity index (χ4n) is 2.55. The average molecular weight is 329 g/mol. The van der Waals surface area contributed by atoms with Crippen molar-refractivity contribution in [2.45, 2.75) is 25.8 Å². The Kier molecular flexibility index (Phi) is 4.97. The van der Waals surface area contributed by atoms with E-state index in [1.807, 2.05) is 18.4 Å². The van der Waals surface area contributed by atoms with Crippen molar-refractivity contribution in [3.63, 3.8) is 0 Å². The number of anilines is 1. The lowest BCUT2D eigenvalue weighted by molar-refractivity contribution is -0.117. The molecule has 1 aliphatic heterocycles. The van der Waals surface area contributed by atoms with Crippen molar-refractivity contribution in [3.05, 3.63) is 40.6 Å². The number of hydrogen-bond acceptors (Lipinski definition) is 6. The molecule has 6 nitrogen and oxygen atoms in total. The normalized spacial score (nSPS) is 16.0. The summed E-state index contributed by atoms with van der Waals surface area (Å²) in [5.74, 6) is 0.695. The quantitative estimate of drug-likeness (QED) is 0.869. The van der Waals surface area contributed by atoms with Crippen LogP contribution in [0.3, 0.4) is 0 Å². The molecule has 7 heteroatoms. The summed E-state index contributed by atoms with van der Waals surface area (Å²) in [6.45, 7) is 3.65. The van der Waals surface area contributed by atoms with E-state index in [9.17, 15) is 4.79 Å². The summed E-state index contributed by atoms with van der Waals surface area (Å²) in [5, 5.41) is 5.99. The van der Waals surface area contributed by atoms with Crippen molar-refractivity contribution < 1.29 is 4.79 Å². The molecule has 1 N–H and O–H groups in total. The van der Waals surface area contributed by atoms with E-state index in [2.05, 4.69) is 25.2 Å². The lowest BCUT2D eigenvalue weighted by Crippen LogP contribution is -2.44. The van der Waals surface area contributed by atoms with Crippen LogP contribution in [0.1, 0.15) is 23.5 Å². The number of hydrogen-bond donors (Lipinski definition) is 1. The number of thiazole rings is 1. The number of nitrogens with zero attached hydrogens (tertiary/aromatic N) is 4. The van der Waals surface area contributed by atoms with Crippen molar-refractivity contribution in [2.75, 3.05) is 18.0 Å². The second-order valence-electron chi connectivity index (χ2n) is 5.44. The summed E-state index contributed by atoms with van der Waals surface area (Å²) in [6, 6.07) is 2.01. The number of piperidine rings is 1. The highest BCUT2D eigenvalue weighted by Crippen LogP contribution is 2.15. The van der Waals surface area contributed by atoms with Gasteiger partial charge in [0.2, 0.25) is 11.9 Å². The summed E-state index contributed by atoms with van der Waals surface area (Å²) < 4.78 is 0. The largest absolute Gasteiger partial charge is 0.350 e. The molecule has 0 saturated carbocycles. The Morgan fingerprint density at radius 2 is 2.09 bits per heavy atom. The predicted octanol–water partition coefficient (Wildman–Crippen LogP) is 2.04. The fraction of sp³-hybridized carbons (Fsp3) is 0.375. The van der Waals surface area contributed by atoms with Gasteiger partial charge in [0.25, 0.3) is 0 Å². The zero-order valence-electron chi connectivity index (χ0n) is 13.0. The molecule has 0 aliphatic carbocycles. The van der Waals surface area contributed by atoms with E-state index in [0.717, 1.165) is 42.6 Å². The van der Waals surface area contributed by atoms with E-state index < -0.39 is 0 Å². The molecule has 0 atom stereocenters. The van der Waals surface area contributed by atoms with Gasteiger partial charge in [-0.15, -0.1) is 11.3 Å². The molecule has 0 aromatic carbocycles. The molecule has 0 spiro atoms. The van der Waals surface area contributed by atoms with Gasteiger partial charge in [-0.2, -0.15) is 0 Å². The number of amides is 1. The van der Waals surface area contributed by atoms with Gasteiger partial charge >= 0.3 is 0 Å². The van der Waals surface area contributed by atoms with E-state index in [4.69, 9.17) is 0 Å². The molecule has 2 aromatic rings. The number of aryl methyl sites for hydroxylation is 1. The Morgan fingerprint density at radius 1 is 1.35 bits per heavy atom. The van der Waals surface area contributed by atoms with E-state index in [1.165, 1.54) is 0 Å². The van der Waals surface area contributed by atoms with E-state index in [1.54, 1.807) is 35.9 Å². The Morgan fingerprint density at radius 3 is 2.74 bits per heavy atom. The van der Waals surface area contributed by atoms with Crippen molar-refractivity contribution in [1.29, 1.82) is 0 Å². The molecule has 120 valence electrons. The smallest absolute Gasteiger partial charge is 0.244 e. The second-order valence-corrected chi connectivity index (χ2v) is 6.51. The minimum atomic E-state index is -0.0648. The Balaban J connectivity index is 1.47. The third kappa shape index (κ3) is 4.35. The van der Waals surface area contributed by atoms with Gasteiger partial charge in [0.1, 0.15) is 0 Å². The van der Waals surface area contributed by atoms with Crippen LogP contribution >= 0.6 is 11.3 Å². The number of nitrogens with one attached hydrogen (secondary N) is 1. The van der Waals surface area contributed by atoms with Crippen LogP contribution in [0.4, 0.5) is 5.95 Å². The summed E-state index contributed by atoms with van der Waals surface area (Å²) in [5.41, 5.74) is 0.832.